The summed E-state index contributed by atoms with van der Waals surface area (Å²) in [4.78, 5) is 4.42. The molecule has 9 heteroatoms. The number of aromatic nitrogens is 1. The van der Waals surface area contributed by atoms with Crippen LogP contribution in [0.5, 0.6) is 5.75 Å². The van der Waals surface area contributed by atoms with E-state index >= 15 is 0 Å². The zero-order valence-electron chi connectivity index (χ0n) is 19.6. The summed E-state index contributed by atoms with van der Waals surface area (Å²) in [5, 5.41) is 3.64. The first kappa shape index (κ1) is 26.6. The van der Waals surface area contributed by atoms with Gasteiger partial charge >= 0.3 is 6.18 Å². The van der Waals surface area contributed by atoms with Crippen molar-refractivity contribution in [2.24, 2.45) is 0 Å². The molecule has 4 aromatic rings. The molecule has 0 fully saturated rings. The topological polar surface area (TPSA) is 34.1 Å². The van der Waals surface area contributed by atoms with E-state index in [2.05, 4.69) is 10.3 Å². The van der Waals surface area contributed by atoms with Crippen LogP contribution in [0.15, 0.2) is 85.1 Å². The van der Waals surface area contributed by atoms with Crippen LogP contribution in [-0.2, 0) is 24.7 Å². The Hall–Kier alpha value is -3.49. The van der Waals surface area contributed by atoms with Gasteiger partial charge in [-0.05, 0) is 59.2 Å². The summed E-state index contributed by atoms with van der Waals surface area (Å²) in [6.45, 7) is 0.0750. The summed E-state index contributed by atoms with van der Waals surface area (Å²) in [5.41, 5.74) is -0.839. The molecular formula is C28H22ClF5N2O. The fraction of sp³-hybridized carbons (Fsp3) is 0.179. The Balaban J connectivity index is 1.92. The van der Waals surface area contributed by atoms with E-state index in [0.717, 1.165) is 17.7 Å². The van der Waals surface area contributed by atoms with Crippen LogP contribution in [-0.4, -0.2) is 12.1 Å². The third-order valence-electron chi connectivity index (χ3n) is 6.00. The van der Waals surface area contributed by atoms with Gasteiger partial charge in [0.25, 0.3) is 0 Å². The molecule has 0 saturated heterocycles. The third kappa shape index (κ3) is 6.09. The van der Waals surface area contributed by atoms with Crippen molar-refractivity contribution in [2.45, 2.75) is 24.7 Å². The summed E-state index contributed by atoms with van der Waals surface area (Å²) in [6.07, 6.45) is -3.27. The molecule has 3 aromatic carbocycles. The highest BCUT2D eigenvalue weighted by molar-refractivity contribution is 6.30. The number of nitrogens with zero attached hydrogens (tertiary/aromatic N) is 1. The highest BCUT2D eigenvalue weighted by Crippen LogP contribution is 2.38. The first-order valence-corrected chi connectivity index (χ1v) is 11.6. The van der Waals surface area contributed by atoms with Crippen LogP contribution < -0.4 is 10.1 Å². The van der Waals surface area contributed by atoms with E-state index in [-0.39, 0.29) is 24.3 Å². The molecular weight excluding hydrogens is 511 g/mol. The van der Waals surface area contributed by atoms with E-state index in [1.807, 2.05) is 18.2 Å². The largest absolute Gasteiger partial charge is 0.494 e. The Morgan fingerprint density at radius 3 is 2.24 bits per heavy atom. The number of hydrogen-bond donors (Lipinski definition) is 1. The Kier molecular flexibility index (Phi) is 7.80. The molecule has 0 aliphatic rings. The van der Waals surface area contributed by atoms with Crippen LogP contribution in [0.4, 0.5) is 22.0 Å². The van der Waals surface area contributed by atoms with Crippen molar-refractivity contribution in [3.63, 3.8) is 0 Å². The van der Waals surface area contributed by atoms with Gasteiger partial charge in [-0.1, -0.05) is 48.0 Å². The number of alkyl halides is 3. The van der Waals surface area contributed by atoms with Gasteiger partial charge in [0.1, 0.15) is 5.82 Å². The molecule has 0 spiro atoms. The second-order valence-corrected chi connectivity index (χ2v) is 8.91. The van der Waals surface area contributed by atoms with E-state index in [9.17, 15) is 22.0 Å². The Labute approximate surface area is 215 Å². The van der Waals surface area contributed by atoms with E-state index in [1.54, 1.807) is 24.3 Å². The Morgan fingerprint density at radius 2 is 1.59 bits per heavy atom. The lowest BCUT2D eigenvalue weighted by Gasteiger charge is -2.36. The molecule has 4 rings (SSSR count). The number of methoxy groups -OCH3 is 1. The number of halogens is 6. The van der Waals surface area contributed by atoms with Crippen LogP contribution in [0.2, 0.25) is 5.02 Å². The molecule has 1 N–H and O–H groups in total. The van der Waals surface area contributed by atoms with Crippen molar-refractivity contribution in [3.8, 4) is 5.75 Å². The van der Waals surface area contributed by atoms with E-state index in [1.165, 1.54) is 31.5 Å². The van der Waals surface area contributed by atoms with Crippen molar-refractivity contribution in [1.82, 2.24) is 10.3 Å². The minimum atomic E-state index is -4.77. The van der Waals surface area contributed by atoms with Gasteiger partial charge in [0.15, 0.2) is 11.6 Å². The van der Waals surface area contributed by atoms with Crippen LogP contribution >= 0.6 is 11.6 Å². The van der Waals surface area contributed by atoms with Gasteiger partial charge in [0.05, 0.1) is 28.9 Å². The maximum Gasteiger partial charge on any atom is 0.416 e. The van der Waals surface area contributed by atoms with E-state index in [4.69, 9.17) is 16.3 Å². The van der Waals surface area contributed by atoms with Crippen molar-refractivity contribution >= 4 is 11.6 Å². The number of nitrogens with one attached hydrogen (secondary N) is 1. The van der Waals surface area contributed by atoms with Crippen molar-refractivity contribution in [1.29, 1.82) is 0 Å². The van der Waals surface area contributed by atoms with Crippen molar-refractivity contribution in [2.75, 3.05) is 7.11 Å². The van der Waals surface area contributed by atoms with Gasteiger partial charge < -0.3 is 4.74 Å². The van der Waals surface area contributed by atoms with Gasteiger partial charge in [-0.2, -0.15) is 13.2 Å². The summed E-state index contributed by atoms with van der Waals surface area (Å²) >= 11 is 6.06. The highest BCUT2D eigenvalue weighted by atomic mass is 35.5. The zero-order chi connectivity index (χ0) is 26.6. The second kappa shape index (κ2) is 10.9. The molecule has 3 nitrogen and oxygen atoms in total. The van der Waals surface area contributed by atoms with Crippen LogP contribution in [0.1, 0.15) is 27.9 Å². The maximum absolute atomic E-state index is 14.7. The predicted octanol–water partition coefficient (Wildman–Crippen LogP) is 7.32. The van der Waals surface area contributed by atoms with Gasteiger partial charge in [-0.3, -0.25) is 10.3 Å². The lowest BCUT2D eigenvalue weighted by atomic mass is 9.79. The second-order valence-electron chi connectivity index (χ2n) is 8.48. The van der Waals surface area contributed by atoms with Gasteiger partial charge in [-0.25, -0.2) is 8.78 Å². The summed E-state index contributed by atoms with van der Waals surface area (Å²) in [7, 11) is 1.33. The average molecular weight is 533 g/mol. The monoisotopic (exact) mass is 532 g/mol. The van der Waals surface area contributed by atoms with Crippen LogP contribution in [0, 0.1) is 11.6 Å². The zero-order valence-corrected chi connectivity index (χ0v) is 20.4. The van der Waals surface area contributed by atoms with Crippen molar-refractivity contribution < 1.29 is 26.7 Å². The summed E-state index contributed by atoms with van der Waals surface area (Å²) in [5.74, 6) is -1.58. The average Bonchev–Trinajstić information content (AvgIpc) is 2.87. The first-order valence-electron chi connectivity index (χ1n) is 11.2. The highest BCUT2D eigenvalue weighted by Gasteiger charge is 2.39. The van der Waals surface area contributed by atoms with Crippen molar-refractivity contribution in [3.05, 3.63) is 130 Å². The first-order chi connectivity index (χ1) is 17.6. The normalized spacial score (nSPS) is 13.3. The molecule has 0 amide bonds. The molecule has 0 saturated carbocycles. The summed E-state index contributed by atoms with van der Waals surface area (Å²) in [6, 6.07) is 18.9. The third-order valence-corrected chi connectivity index (χ3v) is 6.23. The molecule has 37 heavy (non-hydrogen) atoms. The van der Waals surface area contributed by atoms with Gasteiger partial charge in [-0.15, -0.1) is 0 Å². The maximum atomic E-state index is 14.7. The number of benzene rings is 3. The predicted molar refractivity (Wildman–Crippen MR) is 131 cm³/mol. The molecule has 0 bridgehead atoms. The lowest BCUT2D eigenvalue weighted by Crippen LogP contribution is -2.46. The number of ether oxygens (including phenoxy) is 1. The standard InChI is InChI=1S/C28H22ClF5N2O/c1-37-25-11-19(7-9-24(25)31)16-36-27(15-18-5-3-2-4-6-18,26-10-8-22(29)17-35-26)20-12-21(28(32,33)34)14-23(30)13-20/h2-14,17,36H,15-16H2,1H3/t27-/m0/s1. The van der Waals surface area contributed by atoms with Gasteiger partial charge in [0.2, 0.25) is 0 Å². The Morgan fingerprint density at radius 1 is 0.865 bits per heavy atom. The molecule has 1 aromatic heterocycles. The molecule has 0 aliphatic heterocycles. The quantitative estimate of drug-likeness (QED) is 0.241. The van der Waals surface area contributed by atoms with E-state index in [0.29, 0.717) is 22.3 Å². The minimum absolute atomic E-state index is 0.0164. The molecule has 1 heterocycles. The molecule has 0 radical (unpaired) electrons. The number of hydrogen-bond acceptors (Lipinski definition) is 3. The Bertz CT molecular complexity index is 1360. The minimum Gasteiger partial charge on any atom is -0.494 e. The van der Waals surface area contributed by atoms with E-state index < -0.39 is 28.9 Å². The molecule has 192 valence electrons. The molecule has 1 atom stereocenters. The van der Waals surface area contributed by atoms with Crippen LogP contribution in [0.3, 0.4) is 0 Å². The molecule has 0 aliphatic carbocycles. The SMILES string of the molecule is COc1cc(CN[C@@](Cc2ccccc2)(c2cc(F)cc(C(F)(F)F)c2)c2ccc(Cl)cn2)ccc1F. The number of rotatable bonds is 8. The lowest BCUT2D eigenvalue weighted by molar-refractivity contribution is -0.137. The summed E-state index contributed by atoms with van der Waals surface area (Å²) < 4.78 is 74.9. The number of pyridine rings is 1. The van der Waals surface area contributed by atoms with Crippen LogP contribution in [0.25, 0.3) is 0 Å². The molecule has 0 unspecified atom stereocenters. The smallest absolute Gasteiger partial charge is 0.416 e. The fourth-order valence-electron chi connectivity index (χ4n) is 4.19. The fourth-order valence-corrected chi connectivity index (χ4v) is 4.30. The van der Waals surface area contributed by atoms with Gasteiger partial charge in [0, 0.05) is 19.2 Å².